The van der Waals surface area contributed by atoms with Crippen molar-refractivity contribution in [2.75, 3.05) is 0 Å². The van der Waals surface area contributed by atoms with Crippen molar-refractivity contribution in [1.82, 2.24) is 0 Å². The second-order valence-corrected chi connectivity index (χ2v) is 2.88. The molecule has 0 fully saturated rings. The molecule has 0 aromatic heterocycles. The summed E-state index contributed by atoms with van der Waals surface area (Å²) >= 11 is 2.85. The normalized spacial score (nSPS) is 10.1. The third kappa shape index (κ3) is 1.68. The lowest BCUT2D eigenvalue weighted by Gasteiger charge is -2.00. The number of aromatic hydroxyl groups is 1. The van der Waals surface area contributed by atoms with Crippen LogP contribution in [0.15, 0.2) is 16.6 Å². The highest BCUT2D eigenvalue weighted by Crippen LogP contribution is 2.25. The molecule has 60 valence electrons. The van der Waals surface area contributed by atoms with E-state index in [1.807, 2.05) is 0 Å². The Morgan fingerprint density at radius 1 is 1.45 bits per heavy atom. The van der Waals surface area contributed by atoms with Gasteiger partial charge in [-0.3, -0.25) is 0 Å². The van der Waals surface area contributed by atoms with Gasteiger partial charge in [-0.2, -0.15) is 0 Å². The standard InChI is InChI=1S/C7H5BrF2O/c8-5-2-7(11)4(3-9)1-6(5)10/h1-2,11H,3H2. The molecule has 0 saturated heterocycles. The molecule has 1 N–H and O–H groups in total. The Morgan fingerprint density at radius 2 is 2.09 bits per heavy atom. The molecule has 1 aromatic rings. The zero-order chi connectivity index (χ0) is 8.43. The lowest BCUT2D eigenvalue weighted by atomic mass is 10.2. The minimum Gasteiger partial charge on any atom is -0.508 e. The Labute approximate surface area is 70.8 Å². The molecule has 0 radical (unpaired) electrons. The molecule has 1 nitrogen and oxygen atoms in total. The van der Waals surface area contributed by atoms with Crippen molar-refractivity contribution in [1.29, 1.82) is 0 Å². The average Bonchev–Trinajstić information content (AvgIpc) is 1.97. The van der Waals surface area contributed by atoms with Crippen LogP contribution < -0.4 is 0 Å². The van der Waals surface area contributed by atoms with Crippen molar-refractivity contribution in [3.05, 3.63) is 28.0 Å². The molecule has 1 rings (SSSR count). The van der Waals surface area contributed by atoms with Crippen LogP contribution in [-0.4, -0.2) is 5.11 Å². The summed E-state index contributed by atoms with van der Waals surface area (Å²) in [5.74, 6) is -0.809. The maximum Gasteiger partial charge on any atom is 0.138 e. The third-order valence-electron chi connectivity index (χ3n) is 1.27. The van der Waals surface area contributed by atoms with Crippen LogP contribution in [0.4, 0.5) is 8.78 Å². The number of phenolic OH excluding ortho intramolecular Hbond substituents is 1. The Balaban J connectivity index is 3.21. The lowest BCUT2D eigenvalue weighted by Crippen LogP contribution is -1.84. The van der Waals surface area contributed by atoms with E-state index >= 15 is 0 Å². The molecular formula is C7H5BrF2O. The number of benzene rings is 1. The molecule has 0 aliphatic heterocycles. The van der Waals surface area contributed by atoms with Gasteiger partial charge >= 0.3 is 0 Å². The molecule has 0 unspecified atom stereocenters. The van der Waals surface area contributed by atoms with Crippen LogP contribution in [0.25, 0.3) is 0 Å². The number of alkyl halides is 1. The molecule has 11 heavy (non-hydrogen) atoms. The third-order valence-corrected chi connectivity index (χ3v) is 1.87. The summed E-state index contributed by atoms with van der Waals surface area (Å²) in [6.07, 6.45) is 0. The first-order valence-corrected chi connectivity index (χ1v) is 3.67. The second-order valence-electron chi connectivity index (χ2n) is 2.03. The van der Waals surface area contributed by atoms with Gasteiger partial charge in [0, 0.05) is 5.56 Å². The fourth-order valence-corrected chi connectivity index (χ4v) is 1.02. The summed E-state index contributed by atoms with van der Waals surface area (Å²) < 4.78 is 24.7. The van der Waals surface area contributed by atoms with Crippen molar-refractivity contribution in [2.45, 2.75) is 6.67 Å². The number of rotatable bonds is 1. The maximum absolute atomic E-state index is 12.6. The molecule has 0 amide bonds. The van der Waals surface area contributed by atoms with Gasteiger partial charge in [-0.25, -0.2) is 8.78 Å². The van der Waals surface area contributed by atoms with Crippen molar-refractivity contribution in [3.8, 4) is 5.75 Å². The molecule has 0 bridgehead atoms. The summed E-state index contributed by atoms with van der Waals surface area (Å²) in [6.45, 7) is -0.865. The van der Waals surface area contributed by atoms with E-state index in [1.54, 1.807) is 0 Å². The number of phenols is 1. The van der Waals surface area contributed by atoms with E-state index in [-0.39, 0.29) is 15.8 Å². The predicted octanol–water partition coefficient (Wildman–Crippen LogP) is 2.76. The highest BCUT2D eigenvalue weighted by molar-refractivity contribution is 9.10. The van der Waals surface area contributed by atoms with Gasteiger partial charge < -0.3 is 5.11 Å². The molecule has 0 spiro atoms. The summed E-state index contributed by atoms with van der Waals surface area (Å²) in [6, 6.07) is 2.09. The quantitative estimate of drug-likeness (QED) is 0.775. The maximum atomic E-state index is 12.6. The van der Waals surface area contributed by atoms with E-state index in [1.165, 1.54) is 0 Å². The highest BCUT2D eigenvalue weighted by Gasteiger charge is 2.06. The van der Waals surface area contributed by atoms with Gasteiger partial charge in [0.15, 0.2) is 0 Å². The fraction of sp³-hybridized carbons (Fsp3) is 0.143. The molecule has 0 aliphatic rings. The summed E-state index contributed by atoms with van der Waals surface area (Å²) in [7, 11) is 0. The number of hydrogen-bond acceptors (Lipinski definition) is 1. The van der Waals surface area contributed by atoms with E-state index in [0.717, 1.165) is 12.1 Å². The van der Waals surface area contributed by atoms with Crippen LogP contribution in [0.3, 0.4) is 0 Å². The Kier molecular flexibility index (Phi) is 2.44. The molecular weight excluding hydrogens is 218 g/mol. The van der Waals surface area contributed by atoms with Crippen LogP contribution in [0.1, 0.15) is 5.56 Å². The first-order chi connectivity index (χ1) is 5.15. The number of hydrogen-bond donors (Lipinski definition) is 1. The lowest BCUT2D eigenvalue weighted by molar-refractivity contribution is 0.429. The monoisotopic (exact) mass is 222 g/mol. The van der Waals surface area contributed by atoms with Gasteiger partial charge in [-0.15, -0.1) is 0 Å². The van der Waals surface area contributed by atoms with Crippen molar-refractivity contribution >= 4 is 15.9 Å². The van der Waals surface area contributed by atoms with Crippen LogP contribution in [0.5, 0.6) is 5.75 Å². The molecule has 4 heteroatoms. The van der Waals surface area contributed by atoms with E-state index in [0.29, 0.717) is 0 Å². The van der Waals surface area contributed by atoms with Gasteiger partial charge in [0.05, 0.1) is 4.47 Å². The SMILES string of the molecule is Oc1cc(Br)c(F)cc1CF. The first-order valence-electron chi connectivity index (χ1n) is 2.88. The van der Waals surface area contributed by atoms with E-state index < -0.39 is 12.5 Å². The van der Waals surface area contributed by atoms with E-state index in [4.69, 9.17) is 5.11 Å². The molecule has 0 saturated carbocycles. The Hall–Kier alpha value is -0.640. The highest BCUT2D eigenvalue weighted by atomic mass is 79.9. The Bertz CT molecular complexity index is 275. The second kappa shape index (κ2) is 3.17. The Morgan fingerprint density at radius 3 is 2.64 bits per heavy atom. The molecule has 0 heterocycles. The summed E-state index contributed by atoms with van der Waals surface area (Å²) in [4.78, 5) is 0. The minimum absolute atomic E-state index is 0.0364. The first kappa shape index (κ1) is 8.46. The average molecular weight is 223 g/mol. The van der Waals surface area contributed by atoms with Gasteiger partial charge in [0.1, 0.15) is 18.2 Å². The fourth-order valence-electron chi connectivity index (χ4n) is 0.685. The smallest absolute Gasteiger partial charge is 0.138 e. The zero-order valence-corrected chi connectivity index (χ0v) is 7.03. The van der Waals surface area contributed by atoms with Gasteiger partial charge in [0.2, 0.25) is 0 Å². The zero-order valence-electron chi connectivity index (χ0n) is 5.44. The van der Waals surface area contributed by atoms with E-state index in [9.17, 15) is 8.78 Å². The van der Waals surface area contributed by atoms with Gasteiger partial charge in [0.25, 0.3) is 0 Å². The van der Waals surface area contributed by atoms with Crippen LogP contribution >= 0.6 is 15.9 Å². The van der Waals surface area contributed by atoms with Crippen LogP contribution in [0.2, 0.25) is 0 Å². The number of halogens is 3. The van der Waals surface area contributed by atoms with Crippen molar-refractivity contribution in [3.63, 3.8) is 0 Å². The summed E-state index contributed by atoms with van der Waals surface area (Å²) in [5.41, 5.74) is -0.0364. The van der Waals surface area contributed by atoms with Crippen LogP contribution in [-0.2, 0) is 6.67 Å². The topological polar surface area (TPSA) is 20.2 Å². The molecule has 0 atom stereocenters. The van der Waals surface area contributed by atoms with Crippen molar-refractivity contribution < 1.29 is 13.9 Å². The van der Waals surface area contributed by atoms with E-state index in [2.05, 4.69) is 15.9 Å². The summed E-state index contributed by atoms with van der Waals surface area (Å²) in [5, 5.41) is 8.98. The minimum atomic E-state index is -0.865. The van der Waals surface area contributed by atoms with Gasteiger partial charge in [-0.05, 0) is 28.1 Å². The van der Waals surface area contributed by atoms with Crippen LogP contribution in [0, 0.1) is 5.82 Å². The van der Waals surface area contributed by atoms with Gasteiger partial charge in [-0.1, -0.05) is 0 Å². The predicted molar refractivity (Wildman–Crippen MR) is 40.6 cm³/mol. The van der Waals surface area contributed by atoms with Crippen molar-refractivity contribution in [2.24, 2.45) is 0 Å². The molecule has 1 aromatic carbocycles. The molecule has 0 aliphatic carbocycles. The largest absolute Gasteiger partial charge is 0.508 e.